The molecule has 0 aromatic rings. The van der Waals surface area contributed by atoms with Gasteiger partial charge in [0.05, 0.1) is 6.04 Å². The standard InChI is InChI=1S/C11H21N3O2/c1-8(12)11(16)14-6-4-5-10(7-14)13(3)9(2)15/h8,10H,4-7,12H2,1-3H3/t8-,10-/m0/s1. The quantitative estimate of drug-likeness (QED) is 0.710. The number of hydrogen-bond acceptors (Lipinski definition) is 3. The zero-order valence-electron chi connectivity index (χ0n) is 10.3. The van der Waals surface area contributed by atoms with Crippen molar-refractivity contribution < 1.29 is 9.59 Å². The summed E-state index contributed by atoms with van der Waals surface area (Å²) in [5, 5.41) is 0. The number of likely N-dealkylation sites (tertiary alicyclic amines) is 1. The van der Waals surface area contributed by atoms with Crippen molar-refractivity contribution in [1.82, 2.24) is 9.80 Å². The maximum Gasteiger partial charge on any atom is 0.239 e. The molecule has 5 nitrogen and oxygen atoms in total. The monoisotopic (exact) mass is 227 g/mol. The lowest BCUT2D eigenvalue weighted by atomic mass is 10.0. The predicted molar refractivity (Wildman–Crippen MR) is 61.7 cm³/mol. The third kappa shape index (κ3) is 2.95. The van der Waals surface area contributed by atoms with Crippen LogP contribution in [0.5, 0.6) is 0 Å². The molecule has 1 heterocycles. The Morgan fingerprint density at radius 3 is 2.62 bits per heavy atom. The number of piperidine rings is 1. The molecule has 0 spiro atoms. The van der Waals surface area contributed by atoms with Crippen molar-refractivity contribution in [1.29, 1.82) is 0 Å². The summed E-state index contributed by atoms with van der Waals surface area (Å²) >= 11 is 0. The molecule has 5 heteroatoms. The Morgan fingerprint density at radius 1 is 1.50 bits per heavy atom. The fraction of sp³-hybridized carbons (Fsp3) is 0.818. The lowest BCUT2D eigenvalue weighted by Gasteiger charge is -2.37. The molecular formula is C11H21N3O2. The molecule has 92 valence electrons. The number of carbonyl (C=O) groups is 2. The molecule has 0 aromatic heterocycles. The van der Waals surface area contributed by atoms with Gasteiger partial charge in [0, 0.05) is 33.1 Å². The van der Waals surface area contributed by atoms with Crippen LogP contribution >= 0.6 is 0 Å². The van der Waals surface area contributed by atoms with Crippen LogP contribution in [0.25, 0.3) is 0 Å². The van der Waals surface area contributed by atoms with Gasteiger partial charge in [-0.15, -0.1) is 0 Å². The number of carbonyl (C=O) groups excluding carboxylic acids is 2. The first-order valence-electron chi connectivity index (χ1n) is 5.71. The van der Waals surface area contributed by atoms with E-state index in [2.05, 4.69) is 0 Å². The van der Waals surface area contributed by atoms with Crippen LogP contribution in [0.1, 0.15) is 26.7 Å². The highest BCUT2D eigenvalue weighted by atomic mass is 16.2. The molecular weight excluding hydrogens is 206 g/mol. The van der Waals surface area contributed by atoms with Crippen LogP contribution in [0, 0.1) is 0 Å². The van der Waals surface area contributed by atoms with E-state index in [4.69, 9.17) is 5.73 Å². The lowest BCUT2D eigenvalue weighted by Crippen LogP contribution is -2.52. The first kappa shape index (κ1) is 13.0. The van der Waals surface area contributed by atoms with Crippen LogP contribution in [0.15, 0.2) is 0 Å². The Balaban J connectivity index is 2.60. The molecule has 1 aliphatic heterocycles. The van der Waals surface area contributed by atoms with E-state index in [0.717, 1.165) is 19.4 Å². The second-order valence-electron chi connectivity index (χ2n) is 4.50. The first-order valence-corrected chi connectivity index (χ1v) is 5.71. The average Bonchev–Trinajstić information content (AvgIpc) is 2.26. The minimum absolute atomic E-state index is 0.0262. The third-order valence-corrected chi connectivity index (χ3v) is 3.14. The number of amides is 2. The summed E-state index contributed by atoms with van der Waals surface area (Å²) in [6.45, 7) is 4.60. The highest BCUT2D eigenvalue weighted by molar-refractivity contribution is 5.81. The zero-order valence-corrected chi connectivity index (χ0v) is 10.3. The van der Waals surface area contributed by atoms with Gasteiger partial charge in [0.25, 0.3) is 0 Å². The molecule has 1 rings (SSSR count). The summed E-state index contributed by atoms with van der Waals surface area (Å²) in [7, 11) is 1.78. The van der Waals surface area contributed by atoms with E-state index in [1.54, 1.807) is 30.7 Å². The minimum atomic E-state index is -0.457. The van der Waals surface area contributed by atoms with Gasteiger partial charge in [-0.25, -0.2) is 0 Å². The predicted octanol–water partition coefficient (Wildman–Crippen LogP) is -0.197. The fourth-order valence-corrected chi connectivity index (χ4v) is 2.02. The van der Waals surface area contributed by atoms with Crippen LogP contribution < -0.4 is 5.73 Å². The molecule has 1 saturated heterocycles. The Bertz CT molecular complexity index is 278. The van der Waals surface area contributed by atoms with E-state index in [1.165, 1.54) is 0 Å². The van der Waals surface area contributed by atoms with E-state index in [9.17, 15) is 9.59 Å². The number of likely N-dealkylation sites (N-methyl/N-ethyl adjacent to an activating group) is 1. The van der Waals surface area contributed by atoms with E-state index in [1.807, 2.05) is 0 Å². The summed E-state index contributed by atoms with van der Waals surface area (Å²) < 4.78 is 0. The third-order valence-electron chi connectivity index (χ3n) is 3.14. The van der Waals surface area contributed by atoms with Gasteiger partial charge in [-0.05, 0) is 19.8 Å². The molecule has 2 amide bonds. The number of rotatable bonds is 2. The maximum atomic E-state index is 11.7. The van der Waals surface area contributed by atoms with Crippen molar-refractivity contribution in [3.05, 3.63) is 0 Å². The molecule has 0 aromatic carbocycles. The molecule has 16 heavy (non-hydrogen) atoms. The summed E-state index contributed by atoms with van der Waals surface area (Å²) in [5.74, 6) is 0.0155. The van der Waals surface area contributed by atoms with E-state index in [0.29, 0.717) is 6.54 Å². The van der Waals surface area contributed by atoms with Crippen LogP contribution in [-0.4, -0.2) is 53.8 Å². The largest absolute Gasteiger partial charge is 0.341 e. The summed E-state index contributed by atoms with van der Waals surface area (Å²) in [5.41, 5.74) is 5.58. The van der Waals surface area contributed by atoms with E-state index < -0.39 is 6.04 Å². The SMILES string of the molecule is CC(=O)N(C)[C@H]1CCCN(C(=O)[C@H](C)N)C1. The average molecular weight is 227 g/mol. The normalized spacial score (nSPS) is 22.8. The van der Waals surface area contributed by atoms with Crippen LogP contribution in [0.3, 0.4) is 0 Å². The Hall–Kier alpha value is -1.10. The second kappa shape index (κ2) is 5.30. The molecule has 0 radical (unpaired) electrons. The van der Waals surface area contributed by atoms with Crippen molar-refractivity contribution in [2.75, 3.05) is 20.1 Å². The molecule has 2 N–H and O–H groups in total. The Morgan fingerprint density at radius 2 is 2.12 bits per heavy atom. The van der Waals surface area contributed by atoms with Crippen molar-refractivity contribution in [2.24, 2.45) is 5.73 Å². The van der Waals surface area contributed by atoms with Gasteiger partial charge in [-0.2, -0.15) is 0 Å². The maximum absolute atomic E-state index is 11.7. The lowest BCUT2D eigenvalue weighted by molar-refractivity contribution is -0.138. The molecule has 0 aliphatic carbocycles. The zero-order chi connectivity index (χ0) is 12.3. The second-order valence-corrected chi connectivity index (χ2v) is 4.50. The van der Waals surface area contributed by atoms with Crippen molar-refractivity contribution in [2.45, 2.75) is 38.8 Å². The topological polar surface area (TPSA) is 66.6 Å². The highest BCUT2D eigenvalue weighted by Gasteiger charge is 2.28. The molecule has 1 aliphatic rings. The Labute approximate surface area is 96.6 Å². The number of nitrogens with two attached hydrogens (primary N) is 1. The summed E-state index contributed by atoms with van der Waals surface area (Å²) in [4.78, 5) is 26.5. The van der Waals surface area contributed by atoms with Crippen molar-refractivity contribution in [3.8, 4) is 0 Å². The van der Waals surface area contributed by atoms with Gasteiger partial charge in [0.2, 0.25) is 11.8 Å². The van der Waals surface area contributed by atoms with E-state index >= 15 is 0 Å². The fourth-order valence-electron chi connectivity index (χ4n) is 2.02. The van der Waals surface area contributed by atoms with E-state index in [-0.39, 0.29) is 17.9 Å². The van der Waals surface area contributed by atoms with Crippen molar-refractivity contribution >= 4 is 11.8 Å². The number of nitrogens with zero attached hydrogens (tertiary/aromatic N) is 2. The molecule has 0 unspecified atom stereocenters. The van der Waals surface area contributed by atoms with Gasteiger partial charge < -0.3 is 15.5 Å². The highest BCUT2D eigenvalue weighted by Crippen LogP contribution is 2.15. The molecule has 1 fully saturated rings. The van der Waals surface area contributed by atoms with Gasteiger partial charge >= 0.3 is 0 Å². The molecule has 0 bridgehead atoms. The van der Waals surface area contributed by atoms with Gasteiger partial charge in [0.1, 0.15) is 0 Å². The minimum Gasteiger partial charge on any atom is -0.341 e. The van der Waals surface area contributed by atoms with Gasteiger partial charge in [0.15, 0.2) is 0 Å². The summed E-state index contributed by atoms with van der Waals surface area (Å²) in [6, 6.07) is -0.324. The summed E-state index contributed by atoms with van der Waals surface area (Å²) in [6.07, 6.45) is 1.89. The van der Waals surface area contributed by atoms with Crippen LogP contribution in [0.4, 0.5) is 0 Å². The first-order chi connectivity index (χ1) is 7.43. The smallest absolute Gasteiger partial charge is 0.239 e. The van der Waals surface area contributed by atoms with Crippen LogP contribution in [-0.2, 0) is 9.59 Å². The molecule has 2 atom stereocenters. The van der Waals surface area contributed by atoms with Crippen molar-refractivity contribution in [3.63, 3.8) is 0 Å². The van der Waals surface area contributed by atoms with Gasteiger partial charge in [-0.1, -0.05) is 0 Å². The number of hydrogen-bond donors (Lipinski definition) is 1. The molecule has 0 saturated carbocycles. The van der Waals surface area contributed by atoms with Crippen LogP contribution in [0.2, 0.25) is 0 Å². The van der Waals surface area contributed by atoms with Gasteiger partial charge in [-0.3, -0.25) is 9.59 Å². The Kier molecular flexibility index (Phi) is 4.29.